The summed E-state index contributed by atoms with van der Waals surface area (Å²) < 4.78 is 26.5. The summed E-state index contributed by atoms with van der Waals surface area (Å²) in [6, 6.07) is 1.81. The molecule has 0 aromatic carbocycles. The normalized spacial score (nSPS) is 11.1. The van der Waals surface area contributed by atoms with E-state index in [9.17, 15) is 8.42 Å². The van der Waals surface area contributed by atoms with Crippen LogP contribution in [0.3, 0.4) is 0 Å². The molecule has 1 aromatic heterocycles. The summed E-state index contributed by atoms with van der Waals surface area (Å²) in [5.74, 6) is 0. The predicted octanol–water partition coefficient (Wildman–Crippen LogP) is 1.37. The third-order valence-corrected chi connectivity index (χ3v) is 5.05. The van der Waals surface area contributed by atoms with Gasteiger partial charge in [0.15, 0.2) is 0 Å². The molecule has 0 radical (unpaired) electrons. The lowest BCUT2D eigenvalue weighted by molar-refractivity contribution is 0.579. The molecule has 0 aliphatic heterocycles. The largest absolute Gasteiger partial charge is 0.316 e. The van der Waals surface area contributed by atoms with Crippen molar-refractivity contribution in [3.8, 4) is 0 Å². The second-order valence-electron chi connectivity index (χ2n) is 3.14. The van der Waals surface area contributed by atoms with Crippen molar-refractivity contribution in [2.24, 2.45) is 0 Å². The standard InChI is InChI=1S/C9H16N2O2S2.ClH/c1-3-10-5-6-11-15(12,13)9-8(2)4-7-14-9;/h4,7,10-11H,3,5-6H2,1-2H3;1H. The van der Waals surface area contributed by atoms with Crippen LogP contribution in [-0.2, 0) is 10.0 Å². The molecule has 2 N–H and O–H groups in total. The van der Waals surface area contributed by atoms with Gasteiger partial charge in [-0.05, 0) is 30.5 Å². The smallest absolute Gasteiger partial charge is 0.250 e. The van der Waals surface area contributed by atoms with Crippen molar-refractivity contribution in [1.29, 1.82) is 0 Å². The number of hydrogen-bond donors (Lipinski definition) is 2. The highest BCUT2D eigenvalue weighted by Gasteiger charge is 2.16. The van der Waals surface area contributed by atoms with Gasteiger partial charge in [0.05, 0.1) is 0 Å². The minimum absolute atomic E-state index is 0. The molecular weight excluding hydrogens is 268 g/mol. The first-order valence-electron chi connectivity index (χ1n) is 4.82. The van der Waals surface area contributed by atoms with Crippen LogP contribution in [0.25, 0.3) is 0 Å². The van der Waals surface area contributed by atoms with E-state index in [0.29, 0.717) is 17.3 Å². The monoisotopic (exact) mass is 284 g/mol. The zero-order chi connectivity index (χ0) is 11.3. The maximum absolute atomic E-state index is 11.7. The van der Waals surface area contributed by atoms with Gasteiger partial charge in [0.2, 0.25) is 10.0 Å². The number of sulfonamides is 1. The number of rotatable bonds is 6. The molecule has 4 nitrogen and oxygen atoms in total. The molecule has 0 unspecified atom stereocenters. The highest BCUT2D eigenvalue weighted by Crippen LogP contribution is 2.20. The van der Waals surface area contributed by atoms with Crippen molar-refractivity contribution in [2.75, 3.05) is 19.6 Å². The highest BCUT2D eigenvalue weighted by atomic mass is 35.5. The van der Waals surface area contributed by atoms with Crippen LogP contribution in [-0.4, -0.2) is 28.1 Å². The molecule has 0 aliphatic rings. The van der Waals surface area contributed by atoms with E-state index in [4.69, 9.17) is 0 Å². The zero-order valence-corrected chi connectivity index (χ0v) is 11.8. The number of halogens is 1. The van der Waals surface area contributed by atoms with E-state index >= 15 is 0 Å². The van der Waals surface area contributed by atoms with Gasteiger partial charge >= 0.3 is 0 Å². The Kier molecular flexibility index (Phi) is 7.17. The minimum Gasteiger partial charge on any atom is -0.316 e. The van der Waals surface area contributed by atoms with Crippen molar-refractivity contribution >= 4 is 33.8 Å². The van der Waals surface area contributed by atoms with Gasteiger partial charge in [-0.2, -0.15) is 0 Å². The van der Waals surface area contributed by atoms with Crippen LogP contribution in [0, 0.1) is 6.92 Å². The van der Waals surface area contributed by atoms with Crippen molar-refractivity contribution in [2.45, 2.75) is 18.1 Å². The number of nitrogens with one attached hydrogen (secondary N) is 2. The maximum atomic E-state index is 11.7. The van der Waals surface area contributed by atoms with E-state index in [0.717, 1.165) is 12.1 Å². The Morgan fingerprint density at radius 1 is 1.38 bits per heavy atom. The maximum Gasteiger partial charge on any atom is 0.250 e. The summed E-state index contributed by atoms with van der Waals surface area (Å²) in [6.45, 7) is 5.71. The average Bonchev–Trinajstić information content (AvgIpc) is 2.60. The summed E-state index contributed by atoms with van der Waals surface area (Å²) in [6.07, 6.45) is 0. The first-order chi connectivity index (χ1) is 7.08. The number of thiophene rings is 1. The SMILES string of the molecule is CCNCCNS(=O)(=O)c1sccc1C.Cl. The van der Waals surface area contributed by atoms with Crippen LogP contribution >= 0.6 is 23.7 Å². The quantitative estimate of drug-likeness (QED) is 0.776. The number of likely N-dealkylation sites (N-methyl/N-ethyl adjacent to an activating group) is 1. The summed E-state index contributed by atoms with van der Waals surface area (Å²) in [5, 5.41) is 4.84. The Morgan fingerprint density at radius 3 is 2.56 bits per heavy atom. The molecule has 0 spiro atoms. The Bertz CT molecular complexity index is 403. The van der Waals surface area contributed by atoms with Crippen molar-refractivity contribution in [1.82, 2.24) is 10.0 Å². The molecular formula is C9H17ClN2O2S2. The lowest BCUT2D eigenvalue weighted by Crippen LogP contribution is -2.31. The van der Waals surface area contributed by atoms with Crippen molar-refractivity contribution in [3.05, 3.63) is 17.0 Å². The lowest BCUT2D eigenvalue weighted by atomic mass is 10.4. The summed E-state index contributed by atoms with van der Waals surface area (Å²) in [4.78, 5) is 0. The topological polar surface area (TPSA) is 58.2 Å². The molecule has 0 aliphatic carbocycles. The van der Waals surface area contributed by atoms with Crippen molar-refractivity contribution in [3.63, 3.8) is 0 Å². The molecule has 1 aromatic rings. The third-order valence-electron chi connectivity index (χ3n) is 1.90. The van der Waals surface area contributed by atoms with E-state index in [1.165, 1.54) is 11.3 Å². The first-order valence-corrected chi connectivity index (χ1v) is 7.18. The van der Waals surface area contributed by atoms with Gasteiger partial charge in [-0.15, -0.1) is 23.7 Å². The molecule has 0 atom stereocenters. The molecule has 94 valence electrons. The Labute approximate surface area is 107 Å². The lowest BCUT2D eigenvalue weighted by Gasteiger charge is -2.05. The summed E-state index contributed by atoms with van der Waals surface area (Å²) in [7, 11) is -3.30. The average molecular weight is 285 g/mol. The van der Waals surface area contributed by atoms with Gasteiger partial charge in [0.1, 0.15) is 4.21 Å². The highest BCUT2D eigenvalue weighted by molar-refractivity contribution is 7.91. The minimum atomic E-state index is -3.30. The second-order valence-corrected chi connectivity index (χ2v) is 6.02. The number of aryl methyl sites for hydroxylation is 1. The molecule has 0 saturated carbocycles. The van der Waals surface area contributed by atoms with Crippen LogP contribution in [0.5, 0.6) is 0 Å². The Morgan fingerprint density at radius 2 is 2.06 bits per heavy atom. The molecule has 7 heteroatoms. The van der Waals surface area contributed by atoms with Gasteiger partial charge < -0.3 is 5.32 Å². The van der Waals surface area contributed by atoms with Crippen LogP contribution in [0.1, 0.15) is 12.5 Å². The van der Waals surface area contributed by atoms with Gasteiger partial charge in [-0.1, -0.05) is 6.92 Å². The molecule has 0 bridgehead atoms. The van der Waals surface area contributed by atoms with Crippen LogP contribution in [0.15, 0.2) is 15.7 Å². The Hall–Kier alpha value is -0.140. The van der Waals surface area contributed by atoms with E-state index in [-0.39, 0.29) is 12.4 Å². The fourth-order valence-corrected chi connectivity index (χ4v) is 3.64. The summed E-state index contributed by atoms with van der Waals surface area (Å²) in [5.41, 5.74) is 0.802. The van der Waals surface area contributed by atoms with E-state index in [1.54, 1.807) is 12.3 Å². The zero-order valence-electron chi connectivity index (χ0n) is 9.32. The van der Waals surface area contributed by atoms with Gasteiger partial charge in [-0.25, -0.2) is 13.1 Å². The second kappa shape index (κ2) is 7.24. The van der Waals surface area contributed by atoms with Crippen LogP contribution < -0.4 is 10.0 Å². The molecule has 0 saturated heterocycles. The van der Waals surface area contributed by atoms with Crippen molar-refractivity contribution < 1.29 is 8.42 Å². The molecule has 16 heavy (non-hydrogen) atoms. The van der Waals surface area contributed by atoms with E-state index < -0.39 is 10.0 Å². The van der Waals surface area contributed by atoms with E-state index in [2.05, 4.69) is 10.0 Å². The molecule has 1 rings (SSSR count). The first kappa shape index (κ1) is 15.9. The fourth-order valence-electron chi connectivity index (χ4n) is 1.15. The van der Waals surface area contributed by atoms with Gasteiger partial charge in [0.25, 0.3) is 0 Å². The van der Waals surface area contributed by atoms with E-state index in [1.807, 2.05) is 13.0 Å². The molecule has 1 heterocycles. The summed E-state index contributed by atoms with van der Waals surface area (Å²) >= 11 is 1.25. The fraction of sp³-hybridized carbons (Fsp3) is 0.556. The van der Waals surface area contributed by atoms with Gasteiger partial charge in [-0.3, -0.25) is 0 Å². The molecule has 0 fully saturated rings. The Balaban J connectivity index is 0.00000225. The van der Waals surface area contributed by atoms with Crippen LogP contribution in [0.2, 0.25) is 0 Å². The molecule has 0 amide bonds. The predicted molar refractivity (Wildman–Crippen MR) is 70.0 cm³/mol. The third kappa shape index (κ3) is 4.39. The van der Waals surface area contributed by atoms with Gasteiger partial charge in [0, 0.05) is 13.1 Å². The number of hydrogen-bond acceptors (Lipinski definition) is 4. The van der Waals surface area contributed by atoms with Crippen LogP contribution in [0.4, 0.5) is 0 Å².